The van der Waals surface area contributed by atoms with Gasteiger partial charge in [0, 0.05) is 11.6 Å². The van der Waals surface area contributed by atoms with Crippen LogP contribution in [0.25, 0.3) is 0 Å². The molecule has 0 fully saturated rings. The number of rotatable bonds is 6. The zero-order chi connectivity index (χ0) is 15.1. The molecular weight excluding hydrogens is 266 g/mol. The highest BCUT2D eigenvalue weighted by Gasteiger charge is 2.12. The highest BCUT2D eigenvalue weighted by Crippen LogP contribution is 2.26. The zero-order valence-electron chi connectivity index (χ0n) is 12.2. The fraction of sp³-hybridized carbons (Fsp3) is 0.235. The molecule has 0 aliphatic carbocycles. The summed E-state index contributed by atoms with van der Waals surface area (Å²) in [7, 11) is 3.19. The van der Waals surface area contributed by atoms with Gasteiger partial charge in [0.2, 0.25) is 0 Å². The van der Waals surface area contributed by atoms with Gasteiger partial charge in [-0.3, -0.25) is 0 Å². The van der Waals surface area contributed by atoms with Gasteiger partial charge in [-0.2, -0.15) is 0 Å². The van der Waals surface area contributed by atoms with E-state index in [1.807, 2.05) is 30.3 Å². The van der Waals surface area contributed by atoms with Gasteiger partial charge in [0.05, 0.1) is 19.9 Å². The fourth-order valence-electron chi connectivity index (χ4n) is 2.18. The summed E-state index contributed by atoms with van der Waals surface area (Å²) in [5.41, 5.74) is 2.57. The van der Waals surface area contributed by atoms with E-state index >= 15 is 0 Å². The zero-order valence-corrected chi connectivity index (χ0v) is 12.2. The second kappa shape index (κ2) is 7.33. The van der Waals surface area contributed by atoms with Crippen molar-refractivity contribution in [3.63, 3.8) is 0 Å². The Labute approximate surface area is 124 Å². The third kappa shape index (κ3) is 3.75. The predicted octanol–water partition coefficient (Wildman–Crippen LogP) is 3.51. The Balaban J connectivity index is 2.18. The van der Waals surface area contributed by atoms with Crippen molar-refractivity contribution in [3.8, 4) is 11.5 Å². The summed E-state index contributed by atoms with van der Waals surface area (Å²) >= 11 is 0. The largest absolute Gasteiger partial charge is 0.497 e. The van der Waals surface area contributed by atoms with E-state index in [0.29, 0.717) is 23.6 Å². The summed E-state index contributed by atoms with van der Waals surface area (Å²) < 4.78 is 10.5. The fourth-order valence-corrected chi connectivity index (χ4v) is 2.18. The van der Waals surface area contributed by atoms with Crippen molar-refractivity contribution in [1.82, 2.24) is 0 Å². The number of methoxy groups -OCH3 is 2. The number of benzene rings is 2. The molecule has 0 amide bonds. The van der Waals surface area contributed by atoms with E-state index in [1.54, 1.807) is 20.3 Å². The Morgan fingerprint density at radius 3 is 2.43 bits per heavy atom. The molecule has 0 radical (unpaired) electrons. The number of aryl methyl sites for hydroxylation is 1. The van der Waals surface area contributed by atoms with Crippen LogP contribution < -0.4 is 9.47 Å². The van der Waals surface area contributed by atoms with Crippen molar-refractivity contribution < 1.29 is 14.7 Å². The highest BCUT2D eigenvalue weighted by molar-refractivity contribution is 6.02. The van der Waals surface area contributed by atoms with E-state index in [4.69, 9.17) is 9.47 Å². The molecule has 110 valence electrons. The standard InChI is InChI=1S/C17H19NO3/c1-20-14-9-10-15(17(12-14)21-2)16(18-19)11-8-13-6-4-3-5-7-13/h3-7,9-10,12,19H,8,11H2,1-2H3/b18-16-. The summed E-state index contributed by atoms with van der Waals surface area (Å²) in [5.74, 6) is 1.34. The average molecular weight is 285 g/mol. The van der Waals surface area contributed by atoms with Crippen LogP contribution in [-0.4, -0.2) is 25.1 Å². The van der Waals surface area contributed by atoms with E-state index in [9.17, 15) is 5.21 Å². The van der Waals surface area contributed by atoms with Gasteiger partial charge in [0.1, 0.15) is 11.5 Å². The van der Waals surface area contributed by atoms with Gasteiger partial charge in [-0.1, -0.05) is 35.5 Å². The van der Waals surface area contributed by atoms with Gasteiger partial charge in [-0.25, -0.2) is 0 Å². The van der Waals surface area contributed by atoms with E-state index < -0.39 is 0 Å². The predicted molar refractivity (Wildman–Crippen MR) is 82.6 cm³/mol. The molecule has 2 rings (SSSR count). The van der Waals surface area contributed by atoms with Gasteiger partial charge < -0.3 is 14.7 Å². The molecule has 0 saturated carbocycles. The number of ether oxygens (including phenoxy) is 2. The van der Waals surface area contributed by atoms with Crippen LogP contribution in [0.2, 0.25) is 0 Å². The van der Waals surface area contributed by atoms with Crippen molar-refractivity contribution in [3.05, 3.63) is 59.7 Å². The molecule has 4 nitrogen and oxygen atoms in total. The Bertz CT molecular complexity index is 609. The summed E-state index contributed by atoms with van der Waals surface area (Å²) in [5, 5.41) is 12.7. The number of hydrogen-bond acceptors (Lipinski definition) is 4. The summed E-state index contributed by atoms with van der Waals surface area (Å²) in [6.07, 6.45) is 1.43. The Kier molecular flexibility index (Phi) is 5.21. The summed E-state index contributed by atoms with van der Waals surface area (Å²) in [6, 6.07) is 15.5. The Morgan fingerprint density at radius 1 is 1.05 bits per heavy atom. The highest BCUT2D eigenvalue weighted by atomic mass is 16.5. The van der Waals surface area contributed by atoms with Crippen LogP contribution in [0.3, 0.4) is 0 Å². The molecule has 0 saturated heterocycles. The maximum atomic E-state index is 9.31. The molecule has 21 heavy (non-hydrogen) atoms. The lowest BCUT2D eigenvalue weighted by Crippen LogP contribution is -2.06. The third-order valence-electron chi connectivity index (χ3n) is 3.33. The molecule has 0 aliphatic heterocycles. The maximum Gasteiger partial charge on any atom is 0.131 e. The molecule has 0 unspecified atom stereocenters. The van der Waals surface area contributed by atoms with Crippen molar-refractivity contribution in [2.45, 2.75) is 12.8 Å². The topological polar surface area (TPSA) is 51.0 Å². The molecule has 0 heterocycles. The molecular formula is C17H19NO3. The van der Waals surface area contributed by atoms with Gasteiger partial charge in [-0.05, 0) is 30.5 Å². The van der Waals surface area contributed by atoms with Gasteiger partial charge in [-0.15, -0.1) is 0 Å². The number of oxime groups is 1. The van der Waals surface area contributed by atoms with E-state index in [0.717, 1.165) is 12.0 Å². The first-order valence-electron chi connectivity index (χ1n) is 6.75. The number of hydrogen-bond donors (Lipinski definition) is 1. The number of nitrogens with zero attached hydrogens (tertiary/aromatic N) is 1. The van der Waals surface area contributed by atoms with Crippen LogP contribution in [0.15, 0.2) is 53.7 Å². The van der Waals surface area contributed by atoms with Crippen molar-refractivity contribution >= 4 is 5.71 Å². The lowest BCUT2D eigenvalue weighted by Gasteiger charge is -2.11. The van der Waals surface area contributed by atoms with Gasteiger partial charge in [0.15, 0.2) is 0 Å². The maximum absolute atomic E-state index is 9.31. The first-order chi connectivity index (χ1) is 10.3. The normalized spacial score (nSPS) is 11.2. The first kappa shape index (κ1) is 14.9. The molecule has 0 spiro atoms. The van der Waals surface area contributed by atoms with Crippen LogP contribution in [0.1, 0.15) is 17.5 Å². The molecule has 2 aromatic carbocycles. The quantitative estimate of drug-likeness (QED) is 0.502. The van der Waals surface area contributed by atoms with Gasteiger partial charge in [0.25, 0.3) is 0 Å². The second-order valence-electron chi connectivity index (χ2n) is 4.60. The molecule has 0 aromatic heterocycles. The minimum atomic E-state index is 0.596. The van der Waals surface area contributed by atoms with Crippen molar-refractivity contribution in [2.24, 2.45) is 5.16 Å². The van der Waals surface area contributed by atoms with Gasteiger partial charge >= 0.3 is 0 Å². The van der Waals surface area contributed by atoms with E-state index in [-0.39, 0.29) is 0 Å². The second-order valence-corrected chi connectivity index (χ2v) is 4.60. The Morgan fingerprint density at radius 2 is 1.81 bits per heavy atom. The molecule has 0 atom stereocenters. The first-order valence-corrected chi connectivity index (χ1v) is 6.75. The minimum absolute atomic E-state index is 0.596. The Hall–Kier alpha value is -2.49. The van der Waals surface area contributed by atoms with Crippen LogP contribution in [0, 0.1) is 0 Å². The molecule has 4 heteroatoms. The molecule has 0 bridgehead atoms. The lowest BCUT2D eigenvalue weighted by atomic mass is 10.0. The van der Waals surface area contributed by atoms with Crippen LogP contribution >= 0.6 is 0 Å². The van der Waals surface area contributed by atoms with E-state index in [1.165, 1.54) is 5.56 Å². The van der Waals surface area contributed by atoms with Crippen molar-refractivity contribution in [2.75, 3.05) is 14.2 Å². The smallest absolute Gasteiger partial charge is 0.131 e. The van der Waals surface area contributed by atoms with E-state index in [2.05, 4.69) is 17.3 Å². The van der Waals surface area contributed by atoms with Crippen LogP contribution in [-0.2, 0) is 6.42 Å². The average Bonchev–Trinajstić information content (AvgIpc) is 2.56. The minimum Gasteiger partial charge on any atom is -0.497 e. The summed E-state index contributed by atoms with van der Waals surface area (Å²) in [6.45, 7) is 0. The SMILES string of the molecule is COc1ccc(/C(CCc2ccccc2)=N\O)c(OC)c1. The molecule has 1 N–H and O–H groups in total. The van der Waals surface area contributed by atoms with Crippen LogP contribution in [0.4, 0.5) is 0 Å². The summed E-state index contributed by atoms with van der Waals surface area (Å²) in [4.78, 5) is 0. The molecule has 0 aliphatic rings. The van der Waals surface area contributed by atoms with Crippen LogP contribution in [0.5, 0.6) is 11.5 Å². The molecule has 2 aromatic rings. The third-order valence-corrected chi connectivity index (χ3v) is 3.33. The lowest BCUT2D eigenvalue weighted by molar-refractivity contribution is 0.317. The monoisotopic (exact) mass is 285 g/mol. The van der Waals surface area contributed by atoms with Crippen molar-refractivity contribution in [1.29, 1.82) is 0 Å².